The van der Waals surface area contributed by atoms with Crippen molar-refractivity contribution in [3.63, 3.8) is 0 Å². The molecule has 0 aromatic heterocycles. The third kappa shape index (κ3) is 8.10. The Kier molecular flexibility index (Phi) is 10.4. The number of nitrogens with zero attached hydrogens (tertiary/aromatic N) is 1. The van der Waals surface area contributed by atoms with Gasteiger partial charge in [-0.2, -0.15) is 0 Å². The van der Waals surface area contributed by atoms with Gasteiger partial charge in [-0.15, -0.1) is 0 Å². The lowest BCUT2D eigenvalue weighted by Crippen LogP contribution is -2.53. The third-order valence-corrected chi connectivity index (χ3v) is 6.92. The monoisotopic (exact) mass is 570 g/mol. The third-order valence-electron chi connectivity index (χ3n) is 6.01. The van der Waals surface area contributed by atoms with Crippen molar-refractivity contribution in [1.29, 1.82) is 0 Å². The summed E-state index contributed by atoms with van der Waals surface area (Å²) in [7, 11) is 0. The normalized spacial score (nSPS) is 12.5. The number of ether oxygens (including phenoxy) is 1. The van der Waals surface area contributed by atoms with E-state index in [9.17, 15) is 9.59 Å². The highest BCUT2D eigenvalue weighted by molar-refractivity contribution is 9.10. The van der Waals surface area contributed by atoms with Crippen molar-refractivity contribution >= 4 is 39.3 Å². The molecule has 0 spiro atoms. The quantitative estimate of drug-likeness (QED) is 0.292. The topological polar surface area (TPSA) is 58.6 Å². The minimum absolute atomic E-state index is 0.00751. The largest absolute Gasteiger partial charge is 0.484 e. The van der Waals surface area contributed by atoms with Gasteiger partial charge in [0.1, 0.15) is 11.8 Å². The molecule has 0 bridgehead atoms. The highest BCUT2D eigenvalue weighted by atomic mass is 79.9. The highest BCUT2D eigenvalue weighted by Crippen LogP contribution is 2.22. The molecule has 0 heterocycles. The number of benzene rings is 3. The Morgan fingerprint density at radius 2 is 1.75 bits per heavy atom. The summed E-state index contributed by atoms with van der Waals surface area (Å²) in [6.45, 7) is 5.93. The molecule has 36 heavy (non-hydrogen) atoms. The molecule has 3 rings (SSSR count). The minimum Gasteiger partial charge on any atom is -0.484 e. The van der Waals surface area contributed by atoms with E-state index in [-0.39, 0.29) is 31.0 Å². The van der Waals surface area contributed by atoms with Crippen LogP contribution in [0.1, 0.15) is 37.0 Å². The van der Waals surface area contributed by atoms with E-state index < -0.39 is 6.04 Å². The maximum atomic E-state index is 13.6. The molecular weight excluding hydrogens is 540 g/mol. The molecular formula is C29H32BrClN2O3. The summed E-state index contributed by atoms with van der Waals surface area (Å²) in [5, 5.41) is 3.71. The van der Waals surface area contributed by atoms with Crippen LogP contribution in [-0.2, 0) is 22.6 Å². The smallest absolute Gasteiger partial charge is 0.261 e. The second-order valence-electron chi connectivity index (χ2n) is 8.87. The van der Waals surface area contributed by atoms with E-state index in [2.05, 4.69) is 21.2 Å². The number of hydrogen-bond acceptors (Lipinski definition) is 3. The molecule has 7 heteroatoms. The van der Waals surface area contributed by atoms with Gasteiger partial charge in [0, 0.05) is 28.5 Å². The van der Waals surface area contributed by atoms with Crippen LogP contribution in [0.4, 0.5) is 0 Å². The zero-order valence-corrected chi connectivity index (χ0v) is 23.2. The number of carbonyl (C=O) groups excluding carboxylic acids is 2. The van der Waals surface area contributed by atoms with Gasteiger partial charge >= 0.3 is 0 Å². The van der Waals surface area contributed by atoms with Gasteiger partial charge in [-0.25, -0.2) is 0 Å². The van der Waals surface area contributed by atoms with Crippen molar-refractivity contribution in [2.24, 2.45) is 0 Å². The standard InChI is InChI=1S/C29H32BrClN2O3/c1-4-21(3)32-29(35)27(17-22-9-6-5-7-10-22)33(18-23-11-8-12-24(30)16-23)28(34)19-36-25-13-14-26(31)20(2)15-25/h5-16,21,27H,4,17-19H2,1-3H3,(H,32,35)/t21-,27+/m0/s1. The molecule has 3 aromatic carbocycles. The molecule has 0 radical (unpaired) electrons. The fourth-order valence-electron chi connectivity index (χ4n) is 3.76. The lowest BCUT2D eigenvalue weighted by Gasteiger charge is -2.32. The number of aryl methyl sites for hydroxylation is 1. The van der Waals surface area contributed by atoms with Gasteiger partial charge in [0.25, 0.3) is 5.91 Å². The van der Waals surface area contributed by atoms with Crippen LogP contribution in [0.3, 0.4) is 0 Å². The molecule has 0 unspecified atom stereocenters. The van der Waals surface area contributed by atoms with Crippen LogP contribution in [0.2, 0.25) is 5.02 Å². The van der Waals surface area contributed by atoms with E-state index in [0.717, 1.165) is 27.6 Å². The number of nitrogens with one attached hydrogen (secondary N) is 1. The van der Waals surface area contributed by atoms with Crippen molar-refractivity contribution in [1.82, 2.24) is 10.2 Å². The summed E-state index contributed by atoms with van der Waals surface area (Å²) >= 11 is 9.63. The lowest BCUT2D eigenvalue weighted by molar-refractivity contribution is -0.143. The Labute approximate surface area is 226 Å². The average Bonchev–Trinajstić information content (AvgIpc) is 2.87. The van der Waals surface area contributed by atoms with Crippen molar-refractivity contribution in [2.75, 3.05) is 6.61 Å². The predicted molar refractivity (Wildman–Crippen MR) is 148 cm³/mol. The minimum atomic E-state index is -0.705. The Morgan fingerprint density at radius 1 is 1.03 bits per heavy atom. The highest BCUT2D eigenvalue weighted by Gasteiger charge is 2.31. The van der Waals surface area contributed by atoms with E-state index in [1.165, 1.54) is 0 Å². The number of halogens is 2. The van der Waals surface area contributed by atoms with E-state index in [1.54, 1.807) is 23.1 Å². The molecule has 2 amide bonds. The van der Waals surface area contributed by atoms with Gasteiger partial charge in [-0.05, 0) is 67.3 Å². The van der Waals surface area contributed by atoms with Crippen molar-refractivity contribution < 1.29 is 14.3 Å². The van der Waals surface area contributed by atoms with E-state index in [4.69, 9.17) is 16.3 Å². The van der Waals surface area contributed by atoms with Crippen LogP contribution in [0.25, 0.3) is 0 Å². The van der Waals surface area contributed by atoms with Crippen molar-refractivity contribution in [2.45, 2.75) is 52.2 Å². The lowest BCUT2D eigenvalue weighted by atomic mass is 10.0. The molecule has 0 saturated carbocycles. The predicted octanol–water partition coefficient (Wildman–Crippen LogP) is 6.34. The fourth-order valence-corrected chi connectivity index (χ4v) is 4.33. The molecule has 5 nitrogen and oxygen atoms in total. The molecule has 0 aliphatic heterocycles. The summed E-state index contributed by atoms with van der Waals surface area (Å²) in [6.07, 6.45) is 1.19. The van der Waals surface area contributed by atoms with Gasteiger partial charge in [-0.3, -0.25) is 9.59 Å². The average molecular weight is 572 g/mol. The number of amides is 2. The second kappa shape index (κ2) is 13.5. The Bertz CT molecular complexity index is 1170. The molecule has 1 N–H and O–H groups in total. The number of rotatable bonds is 11. The zero-order chi connectivity index (χ0) is 26.1. The van der Waals surface area contributed by atoms with E-state index in [1.807, 2.05) is 75.4 Å². The molecule has 0 saturated heterocycles. The molecule has 190 valence electrons. The maximum absolute atomic E-state index is 13.6. The van der Waals surface area contributed by atoms with Crippen LogP contribution in [0.5, 0.6) is 5.75 Å². The van der Waals surface area contributed by atoms with Gasteiger partial charge in [0.05, 0.1) is 0 Å². The van der Waals surface area contributed by atoms with Crippen molar-refractivity contribution in [3.05, 3.63) is 99.0 Å². The van der Waals surface area contributed by atoms with Crippen LogP contribution < -0.4 is 10.1 Å². The first-order valence-corrected chi connectivity index (χ1v) is 13.2. The summed E-state index contributed by atoms with van der Waals surface area (Å²) in [4.78, 5) is 28.8. The van der Waals surface area contributed by atoms with Crippen LogP contribution in [-0.4, -0.2) is 35.4 Å². The van der Waals surface area contributed by atoms with Crippen LogP contribution in [0, 0.1) is 6.92 Å². The molecule has 0 aliphatic carbocycles. The molecule has 3 aromatic rings. The van der Waals surface area contributed by atoms with Gasteiger partial charge in [0.2, 0.25) is 5.91 Å². The summed E-state index contributed by atoms with van der Waals surface area (Å²) in [6, 6.07) is 22.1. The van der Waals surface area contributed by atoms with Gasteiger partial charge in [0.15, 0.2) is 6.61 Å². The Hall–Kier alpha value is -2.83. The van der Waals surface area contributed by atoms with Crippen LogP contribution in [0.15, 0.2) is 77.3 Å². The van der Waals surface area contributed by atoms with Gasteiger partial charge in [-0.1, -0.05) is 76.9 Å². The first-order valence-electron chi connectivity index (χ1n) is 12.0. The van der Waals surface area contributed by atoms with Gasteiger partial charge < -0.3 is 15.0 Å². The molecule has 0 aliphatic rings. The first-order chi connectivity index (χ1) is 17.3. The molecule has 0 fully saturated rings. The fraction of sp³-hybridized carbons (Fsp3) is 0.310. The molecule has 2 atom stereocenters. The second-order valence-corrected chi connectivity index (χ2v) is 10.2. The van der Waals surface area contributed by atoms with Crippen molar-refractivity contribution in [3.8, 4) is 5.75 Å². The van der Waals surface area contributed by atoms with E-state index in [0.29, 0.717) is 17.2 Å². The summed E-state index contributed by atoms with van der Waals surface area (Å²) in [5.41, 5.74) is 2.75. The number of carbonyl (C=O) groups is 2. The summed E-state index contributed by atoms with van der Waals surface area (Å²) < 4.78 is 6.74. The first kappa shape index (κ1) is 27.8. The Balaban J connectivity index is 1.91. The maximum Gasteiger partial charge on any atom is 0.261 e. The SMILES string of the molecule is CC[C@H](C)NC(=O)[C@@H](Cc1ccccc1)N(Cc1cccc(Br)c1)C(=O)COc1ccc(Cl)c(C)c1. The summed E-state index contributed by atoms with van der Waals surface area (Å²) in [5.74, 6) is 0.0954. The van der Waals surface area contributed by atoms with Crippen LogP contribution >= 0.6 is 27.5 Å². The van der Waals surface area contributed by atoms with E-state index >= 15 is 0 Å². The Morgan fingerprint density at radius 3 is 2.42 bits per heavy atom. The zero-order valence-electron chi connectivity index (χ0n) is 20.8. The number of hydrogen-bond donors (Lipinski definition) is 1.